The fourth-order valence-corrected chi connectivity index (χ4v) is 2.85. The van der Waals surface area contributed by atoms with Crippen molar-refractivity contribution in [2.45, 2.75) is 26.6 Å². The van der Waals surface area contributed by atoms with Gasteiger partial charge in [-0.2, -0.15) is 0 Å². The van der Waals surface area contributed by atoms with Gasteiger partial charge in [-0.3, -0.25) is 9.56 Å². The highest BCUT2D eigenvalue weighted by Crippen LogP contribution is 2.58. The molecule has 0 radical (unpaired) electrons. The molecule has 0 bridgehead atoms. The fourth-order valence-electron chi connectivity index (χ4n) is 0.994. The van der Waals surface area contributed by atoms with Gasteiger partial charge in [0, 0.05) is 5.71 Å². The molecule has 1 aliphatic heterocycles. The highest BCUT2D eigenvalue weighted by molar-refractivity contribution is 7.56. The minimum atomic E-state index is -2.94. The van der Waals surface area contributed by atoms with Crippen LogP contribution in [0.5, 0.6) is 0 Å². The van der Waals surface area contributed by atoms with Gasteiger partial charge in [0.05, 0.1) is 13.2 Å². The maximum atomic E-state index is 11.8. The number of rotatable bonds is 5. The van der Waals surface area contributed by atoms with Gasteiger partial charge in [0.25, 0.3) is 0 Å². The molecule has 0 saturated carbocycles. The second-order valence-corrected chi connectivity index (χ2v) is 4.60. The maximum Gasteiger partial charge on any atom is 0.360 e. The van der Waals surface area contributed by atoms with Gasteiger partial charge in [0.2, 0.25) is 0 Å². The molecule has 0 aromatic carbocycles. The van der Waals surface area contributed by atoms with Gasteiger partial charge in [-0.1, -0.05) is 0 Å². The van der Waals surface area contributed by atoms with Crippen molar-refractivity contribution in [2.75, 3.05) is 13.2 Å². The molecule has 0 unspecified atom stereocenters. The van der Waals surface area contributed by atoms with Crippen LogP contribution in [0.15, 0.2) is 4.99 Å². The standard InChI is InChI=1S/C7H14NO3P/c1-4-10-12(9,11-5-2)7-6(3)8-7/h7H,4-5H2,1-3H3/t7-/m0/s1. The van der Waals surface area contributed by atoms with E-state index >= 15 is 0 Å². The van der Waals surface area contributed by atoms with Crippen LogP contribution in [0.4, 0.5) is 0 Å². The van der Waals surface area contributed by atoms with Crippen LogP contribution in [0.2, 0.25) is 0 Å². The van der Waals surface area contributed by atoms with E-state index < -0.39 is 7.60 Å². The normalized spacial score (nSPS) is 22.2. The summed E-state index contributed by atoms with van der Waals surface area (Å²) >= 11 is 0. The third-order valence-corrected chi connectivity index (χ3v) is 3.87. The molecule has 4 nitrogen and oxygen atoms in total. The van der Waals surface area contributed by atoms with Crippen LogP contribution in [0.25, 0.3) is 0 Å². The van der Waals surface area contributed by atoms with E-state index in [0.29, 0.717) is 13.2 Å². The summed E-state index contributed by atoms with van der Waals surface area (Å²) in [5, 5.41) is 0. The number of hydrogen-bond acceptors (Lipinski definition) is 4. The smallest absolute Gasteiger partial charge is 0.307 e. The molecule has 70 valence electrons. The molecular weight excluding hydrogens is 177 g/mol. The summed E-state index contributed by atoms with van der Waals surface area (Å²) in [6.45, 7) is 6.22. The zero-order valence-electron chi connectivity index (χ0n) is 7.61. The topological polar surface area (TPSA) is 47.9 Å². The Morgan fingerprint density at radius 2 is 1.83 bits per heavy atom. The Bertz CT molecular complexity index is 229. The molecule has 0 N–H and O–H groups in total. The van der Waals surface area contributed by atoms with Gasteiger partial charge < -0.3 is 9.05 Å². The first-order valence-electron chi connectivity index (χ1n) is 4.07. The Kier molecular flexibility index (Phi) is 3.04. The van der Waals surface area contributed by atoms with Crippen molar-refractivity contribution in [1.82, 2.24) is 0 Å². The van der Waals surface area contributed by atoms with Crippen molar-refractivity contribution in [2.24, 2.45) is 4.99 Å². The van der Waals surface area contributed by atoms with E-state index in [1.54, 1.807) is 13.8 Å². The Balaban J connectivity index is 2.54. The van der Waals surface area contributed by atoms with Gasteiger partial charge in [-0.05, 0) is 20.8 Å². The van der Waals surface area contributed by atoms with E-state index in [4.69, 9.17) is 9.05 Å². The first-order chi connectivity index (χ1) is 5.64. The predicted molar refractivity (Wildman–Crippen MR) is 47.8 cm³/mol. The van der Waals surface area contributed by atoms with Gasteiger partial charge in [0.1, 0.15) is 0 Å². The molecule has 0 spiro atoms. The summed E-state index contributed by atoms with van der Waals surface area (Å²) in [5.74, 6) is -0.294. The van der Waals surface area contributed by atoms with E-state index in [9.17, 15) is 4.57 Å². The second-order valence-electron chi connectivity index (χ2n) is 2.52. The zero-order valence-corrected chi connectivity index (χ0v) is 8.51. The lowest BCUT2D eigenvalue weighted by atomic mass is 10.6. The van der Waals surface area contributed by atoms with Crippen molar-refractivity contribution in [3.8, 4) is 0 Å². The summed E-state index contributed by atoms with van der Waals surface area (Å²) in [6, 6.07) is 0. The molecular formula is C7H14NO3P. The second kappa shape index (κ2) is 3.69. The number of nitrogens with zero attached hydrogens (tertiary/aromatic N) is 1. The minimum Gasteiger partial charge on any atom is -0.307 e. The van der Waals surface area contributed by atoms with E-state index in [1.165, 1.54) is 0 Å². The Morgan fingerprint density at radius 1 is 1.42 bits per heavy atom. The van der Waals surface area contributed by atoms with E-state index in [2.05, 4.69) is 4.99 Å². The molecule has 0 saturated heterocycles. The van der Waals surface area contributed by atoms with E-state index in [1.807, 2.05) is 6.92 Å². The van der Waals surface area contributed by atoms with Crippen molar-refractivity contribution < 1.29 is 13.6 Å². The van der Waals surface area contributed by atoms with E-state index in [0.717, 1.165) is 5.71 Å². The van der Waals surface area contributed by atoms with Crippen molar-refractivity contribution in [1.29, 1.82) is 0 Å². The molecule has 1 atom stereocenters. The predicted octanol–water partition coefficient (Wildman–Crippen LogP) is 2.05. The molecule has 0 aromatic rings. The average Bonchev–Trinajstić information content (AvgIpc) is 2.68. The molecule has 12 heavy (non-hydrogen) atoms. The lowest BCUT2D eigenvalue weighted by Gasteiger charge is -2.14. The highest BCUT2D eigenvalue weighted by Gasteiger charge is 2.44. The van der Waals surface area contributed by atoms with Crippen LogP contribution in [0, 0.1) is 0 Å². The highest BCUT2D eigenvalue weighted by atomic mass is 31.2. The van der Waals surface area contributed by atoms with Crippen LogP contribution >= 0.6 is 7.60 Å². The largest absolute Gasteiger partial charge is 0.360 e. The summed E-state index contributed by atoms with van der Waals surface area (Å²) in [5.41, 5.74) is 0.861. The molecule has 0 aromatic heterocycles. The Morgan fingerprint density at radius 3 is 2.08 bits per heavy atom. The third-order valence-electron chi connectivity index (χ3n) is 1.55. The van der Waals surface area contributed by atoms with Gasteiger partial charge >= 0.3 is 7.60 Å². The SMILES string of the molecule is CCOP(=O)(OCC)[C@@H]1N=C1C. The summed E-state index contributed by atoms with van der Waals surface area (Å²) in [7, 11) is -2.94. The van der Waals surface area contributed by atoms with Gasteiger partial charge in [-0.25, -0.2) is 0 Å². The Hall–Kier alpha value is -0.180. The molecule has 0 amide bonds. The van der Waals surface area contributed by atoms with Gasteiger partial charge in [0.15, 0.2) is 5.78 Å². The van der Waals surface area contributed by atoms with Crippen LogP contribution < -0.4 is 0 Å². The zero-order chi connectivity index (χ0) is 9.19. The van der Waals surface area contributed by atoms with Crippen molar-refractivity contribution in [3.05, 3.63) is 0 Å². The van der Waals surface area contributed by atoms with Crippen molar-refractivity contribution in [3.63, 3.8) is 0 Å². The number of aliphatic imine (C=N–C) groups is 1. The maximum absolute atomic E-state index is 11.8. The van der Waals surface area contributed by atoms with Crippen LogP contribution in [0.3, 0.4) is 0 Å². The number of hydrogen-bond donors (Lipinski definition) is 0. The van der Waals surface area contributed by atoms with Gasteiger partial charge in [-0.15, -0.1) is 0 Å². The molecule has 0 aliphatic carbocycles. The lowest BCUT2D eigenvalue weighted by molar-refractivity contribution is 0.219. The molecule has 1 rings (SSSR count). The van der Waals surface area contributed by atoms with Crippen LogP contribution in [-0.2, 0) is 13.6 Å². The minimum absolute atomic E-state index is 0.294. The van der Waals surface area contributed by atoms with Crippen molar-refractivity contribution >= 4 is 13.3 Å². The molecule has 1 heterocycles. The molecule has 0 fully saturated rings. The summed E-state index contributed by atoms with van der Waals surface area (Å²) in [4.78, 5) is 3.97. The molecule has 1 aliphatic rings. The van der Waals surface area contributed by atoms with Crippen LogP contribution in [0.1, 0.15) is 20.8 Å². The Labute approximate surface area is 72.5 Å². The first-order valence-corrected chi connectivity index (χ1v) is 5.68. The quantitative estimate of drug-likeness (QED) is 0.625. The van der Waals surface area contributed by atoms with Crippen LogP contribution in [-0.4, -0.2) is 24.7 Å². The third kappa shape index (κ3) is 1.94. The summed E-state index contributed by atoms with van der Waals surface area (Å²) in [6.07, 6.45) is 0. The fraction of sp³-hybridized carbons (Fsp3) is 0.857. The lowest BCUT2D eigenvalue weighted by Crippen LogP contribution is -2.04. The van der Waals surface area contributed by atoms with E-state index in [-0.39, 0.29) is 5.78 Å². The molecule has 5 heteroatoms. The first kappa shape index (κ1) is 9.90. The average molecular weight is 191 g/mol. The summed E-state index contributed by atoms with van der Waals surface area (Å²) < 4.78 is 22.0. The monoisotopic (exact) mass is 191 g/mol.